The van der Waals surface area contributed by atoms with Gasteiger partial charge in [-0.05, 0) is 29.8 Å². The molecule has 3 aromatic rings. The molecule has 12 heteroatoms. The van der Waals surface area contributed by atoms with Crippen LogP contribution in [0.1, 0.15) is 16.8 Å². The standard InChI is InChI=1S/C25H24Cl2N4O5S/c26-19-2-1-3-20(27)18(19)11-36-17-6-4-15(5-7-17)8-22(25(34)35)31(24(33)21-12-37-14-30-21)23(32)9-16-10-28-13-29-16/h1-7,10,13,21-22,30H,8-9,11-12,14H2,(H,28,29)(H,34,35)/t21-,22-/m0/s1. The van der Waals surface area contributed by atoms with Gasteiger partial charge in [0.15, 0.2) is 0 Å². The van der Waals surface area contributed by atoms with Crippen molar-refractivity contribution in [2.75, 3.05) is 11.6 Å². The van der Waals surface area contributed by atoms with Gasteiger partial charge in [-0.3, -0.25) is 19.8 Å². The number of thioether (sulfide) groups is 1. The van der Waals surface area contributed by atoms with Crippen LogP contribution < -0.4 is 10.1 Å². The maximum atomic E-state index is 13.3. The van der Waals surface area contributed by atoms with Gasteiger partial charge in [0.25, 0.3) is 0 Å². The fourth-order valence-electron chi connectivity index (χ4n) is 3.86. The normalized spacial score (nSPS) is 15.8. The fourth-order valence-corrected chi connectivity index (χ4v) is 5.30. The lowest BCUT2D eigenvalue weighted by molar-refractivity contribution is -0.158. The number of rotatable bonds is 10. The van der Waals surface area contributed by atoms with Gasteiger partial charge < -0.3 is 14.8 Å². The monoisotopic (exact) mass is 562 g/mol. The lowest BCUT2D eigenvalue weighted by Gasteiger charge is -2.29. The molecule has 2 heterocycles. The molecular weight excluding hydrogens is 539 g/mol. The third-order valence-corrected chi connectivity index (χ3v) is 7.46. The van der Waals surface area contributed by atoms with E-state index in [2.05, 4.69) is 15.3 Å². The summed E-state index contributed by atoms with van der Waals surface area (Å²) in [5, 5.41) is 14.1. The van der Waals surface area contributed by atoms with Gasteiger partial charge in [0, 0.05) is 45.5 Å². The molecule has 1 fully saturated rings. The Morgan fingerprint density at radius 1 is 1.16 bits per heavy atom. The number of aromatic nitrogens is 2. The summed E-state index contributed by atoms with van der Waals surface area (Å²) in [6, 6.07) is 9.95. The first-order valence-corrected chi connectivity index (χ1v) is 13.3. The Balaban J connectivity index is 1.50. The molecule has 1 saturated heterocycles. The molecule has 1 aliphatic rings. The molecule has 2 atom stereocenters. The van der Waals surface area contributed by atoms with Crippen molar-refractivity contribution in [1.29, 1.82) is 0 Å². The highest BCUT2D eigenvalue weighted by Crippen LogP contribution is 2.26. The van der Waals surface area contributed by atoms with E-state index in [4.69, 9.17) is 27.9 Å². The fraction of sp³-hybridized carbons (Fsp3) is 0.280. The Kier molecular flexibility index (Phi) is 9.09. The van der Waals surface area contributed by atoms with Gasteiger partial charge >= 0.3 is 5.97 Å². The number of benzene rings is 2. The van der Waals surface area contributed by atoms with Gasteiger partial charge in [-0.25, -0.2) is 9.78 Å². The summed E-state index contributed by atoms with van der Waals surface area (Å²) in [4.78, 5) is 46.4. The molecule has 0 unspecified atom stereocenters. The van der Waals surface area contributed by atoms with Crippen LogP contribution in [0.4, 0.5) is 0 Å². The number of carboxylic acid groups (broad SMARTS) is 1. The number of nitrogens with one attached hydrogen (secondary N) is 2. The number of carboxylic acids is 1. The number of amides is 2. The second-order valence-corrected chi connectivity index (χ2v) is 10.2. The number of carbonyl (C=O) groups excluding carboxylic acids is 2. The summed E-state index contributed by atoms with van der Waals surface area (Å²) < 4.78 is 5.79. The van der Waals surface area contributed by atoms with Crippen LogP contribution in [0.25, 0.3) is 0 Å². The Labute approximate surface area is 227 Å². The van der Waals surface area contributed by atoms with E-state index in [1.165, 1.54) is 24.3 Å². The second kappa shape index (κ2) is 12.5. The molecule has 0 saturated carbocycles. The number of nitrogens with zero attached hydrogens (tertiary/aromatic N) is 2. The van der Waals surface area contributed by atoms with Gasteiger partial charge in [-0.1, -0.05) is 41.4 Å². The smallest absolute Gasteiger partial charge is 0.327 e. The number of hydrogen-bond acceptors (Lipinski definition) is 7. The lowest BCUT2D eigenvalue weighted by atomic mass is 10.0. The lowest BCUT2D eigenvalue weighted by Crippen LogP contribution is -2.56. The van der Waals surface area contributed by atoms with Crippen LogP contribution in [-0.4, -0.2) is 61.5 Å². The maximum absolute atomic E-state index is 13.3. The van der Waals surface area contributed by atoms with Crippen LogP contribution in [-0.2, 0) is 33.8 Å². The average molecular weight is 563 g/mol. The van der Waals surface area contributed by atoms with E-state index in [1.807, 2.05) is 0 Å². The van der Waals surface area contributed by atoms with Crippen LogP contribution >= 0.6 is 35.0 Å². The van der Waals surface area contributed by atoms with Crippen molar-refractivity contribution in [1.82, 2.24) is 20.2 Å². The second-order valence-electron chi connectivity index (χ2n) is 8.32. The molecule has 2 amide bonds. The van der Waals surface area contributed by atoms with Gasteiger partial charge in [0.2, 0.25) is 11.8 Å². The number of ether oxygens (including phenoxy) is 1. The van der Waals surface area contributed by atoms with E-state index in [9.17, 15) is 19.5 Å². The minimum atomic E-state index is -1.39. The van der Waals surface area contributed by atoms with E-state index in [0.29, 0.717) is 44.2 Å². The van der Waals surface area contributed by atoms with Crippen molar-refractivity contribution < 1.29 is 24.2 Å². The number of aromatic amines is 1. The number of carbonyl (C=O) groups is 3. The summed E-state index contributed by atoms with van der Waals surface area (Å²) in [5.41, 5.74) is 1.77. The molecule has 1 aliphatic heterocycles. The maximum Gasteiger partial charge on any atom is 0.327 e. The average Bonchev–Trinajstić information content (AvgIpc) is 3.59. The Morgan fingerprint density at radius 3 is 2.49 bits per heavy atom. The number of imide groups is 1. The molecule has 37 heavy (non-hydrogen) atoms. The summed E-state index contributed by atoms with van der Waals surface area (Å²) in [5.74, 6) is -0.902. The largest absolute Gasteiger partial charge is 0.489 e. The van der Waals surface area contributed by atoms with Crippen molar-refractivity contribution in [3.05, 3.63) is 81.9 Å². The molecule has 1 aromatic heterocycles. The van der Waals surface area contributed by atoms with Crippen molar-refractivity contribution in [3.8, 4) is 5.75 Å². The molecule has 4 rings (SSSR count). The summed E-state index contributed by atoms with van der Waals surface area (Å²) >= 11 is 13.9. The van der Waals surface area contributed by atoms with Crippen LogP contribution in [0, 0.1) is 0 Å². The SMILES string of the molecule is O=C(O)[C@H](Cc1ccc(OCc2c(Cl)cccc2Cl)cc1)N(C(=O)Cc1cnc[nH]1)C(=O)[C@@H]1CSCN1. The van der Waals surface area contributed by atoms with Crippen LogP contribution in [0.2, 0.25) is 10.0 Å². The van der Waals surface area contributed by atoms with E-state index >= 15 is 0 Å². The quantitative estimate of drug-likeness (QED) is 0.342. The summed E-state index contributed by atoms with van der Waals surface area (Å²) in [6.45, 7) is 0.159. The summed E-state index contributed by atoms with van der Waals surface area (Å²) in [6.07, 6.45) is 2.65. The van der Waals surface area contributed by atoms with E-state index in [1.54, 1.807) is 42.5 Å². The highest BCUT2D eigenvalue weighted by atomic mass is 35.5. The number of halogens is 2. The summed E-state index contributed by atoms with van der Waals surface area (Å²) in [7, 11) is 0. The molecule has 194 valence electrons. The Bertz CT molecular complexity index is 1230. The van der Waals surface area contributed by atoms with Crippen molar-refractivity contribution in [2.24, 2.45) is 0 Å². The highest BCUT2D eigenvalue weighted by molar-refractivity contribution is 7.99. The third-order valence-electron chi connectivity index (χ3n) is 5.81. The minimum absolute atomic E-state index is 0.0632. The predicted molar refractivity (Wildman–Crippen MR) is 141 cm³/mol. The molecule has 0 aliphatic carbocycles. The number of hydrogen-bond donors (Lipinski definition) is 3. The zero-order valence-electron chi connectivity index (χ0n) is 19.5. The molecule has 0 bridgehead atoms. The molecule has 0 radical (unpaired) electrons. The van der Waals surface area contributed by atoms with Crippen LogP contribution in [0.3, 0.4) is 0 Å². The van der Waals surface area contributed by atoms with Crippen molar-refractivity contribution >= 4 is 52.7 Å². The third kappa shape index (κ3) is 6.84. The molecular formula is C25H24Cl2N4O5S. The Morgan fingerprint density at radius 2 is 1.89 bits per heavy atom. The molecule has 3 N–H and O–H groups in total. The molecule has 9 nitrogen and oxygen atoms in total. The number of aliphatic carboxylic acids is 1. The van der Waals surface area contributed by atoms with Gasteiger partial charge in [0.05, 0.1) is 18.8 Å². The molecule has 2 aromatic carbocycles. The van der Waals surface area contributed by atoms with Gasteiger partial charge in [0.1, 0.15) is 18.4 Å². The van der Waals surface area contributed by atoms with Crippen LogP contribution in [0.15, 0.2) is 55.0 Å². The van der Waals surface area contributed by atoms with Crippen LogP contribution in [0.5, 0.6) is 5.75 Å². The van der Waals surface area contributed by atoms with Crippen molar-refractivity contribution in [3.63, 3.8) is 0 Å². The Hall–Kier alpha value is -3.05. The minimum Gasteiger partial charge on any atom is -0.489 e. The van der Waals surface area contributed by atoms with E-state index < -0.39 is 29.9 Å². The first-order chi connectivity index (χ1) is 17.8. The first kappa shape index (κ1) is 27.0. The zero-order chi connectivity index (χ0) is 26.4. The zero-order valence-corrected chi connectivity index (χ0v) is 21.9. The number of imidazole rings is 1. The van der Waals surface area contributed by atoms with E-state index in [-0.39, 0.29) is 19.4 Å². The predicted octanol–water partition coefficient (Wildman–Crippen LogP) is 3.55. The topological polar surface area (TPSA) is 125 Å². The molecule has 0 spiro atoms. The number of H-pyrrole nitrogens is 1. The first-order valence-electron chi connectivity index (χ1n) is 11.3. The van der Waals surface area contributed by atoms with Gasteiger partial charge in [-0.15, -0.1) is 11.8 Å². The highest BCUT2D eigenvalue weighted by Gasteiger charge is 2.39. The van der Waals surface area contributed by atoms with E-state index in [0.717, 1.165) is 4.90 Å². The van der Waals surface area contributed by atoms with Crippen molar-refractivity contribution in [2.45, 2.75) is 31.5 Å². The van der Waals surface area contributed by atoms with Gasteiger partial charge in [-0.2, -0.15) is 0 Å².